The minimum atomic E-state index is -0.318. The van der Waals surface area contributed by atoms with Crippen molar-refractivity contribution in [3.05, 3.63) is 66.2 Å². The van der Waals surface area contributed by atoms with E-state index in [1.165, 1.54) is 17.8 Å². The summed E-state index contributed by atoms with van der Waals surface area (Å²) in [6.07, 6.45) is 3.23. The van der Waals surface area contributed by atoms with Crippen LogP contribution in [0.15, 0.2) is 54.9 Å². The van der Waals surface area contributed by atoms with Gasteiger partial charge < -0.3 is 20.4 Å². The molecule has 2 aromatic carbocycles. The Hall–Kier alpha value is -3.85. The molecule has 0 unspecified atom stereocenters. The van der Waals surface area contributed by atoms with Crippen LogP contribution in [0, 0.1) is 12.7 Å². The lowest BCUT2D eigenvalue weighted by Crippen LogP contribution is -2.44. The molecule has 8 nitrogen and oxygen atoms in total. The van der Waals surface area contributed by atoms with Gasteiger partial charge in [-0.3, -0.25) is 0 Å². The monoisotopic (exact) mass is 444 g/mol. The largest absolute Gasteiger partial charge is 0.369 e. The Kier molecular flexibility index (Phi) is 5.70. The first-order valence-corrected chi connectivity index (χ1v) is 10.9. The van der Waals surface area contributed by atoms with Crippen LogP contribution in [0.5, 0.6) is 0 Å². The van der Waals surface area contributed by atoms with Crippen LogP contribution in [0.4, 0.5) is 33.2 Å². The number of halogens is 1. The minimum Gasteiger partial charge on any atom is -0.369 e. The van der Waals surface area contributed by atoms with Crippen LogP contribution in [0.25, 0.3) is 10.9 Å². The number of nitrogens with zero attached hydrogens (tertiary/aromatic N) is 6. The maximum Gasteiger partial charge on any atom is 0.229 e. The molecule has 2 N–H and O–H groups in total. The van der Waals surface area contributed by atoms with Crippen molar-refractivity contribution in [3.63, 3.8) is 0 Å². The molecule has 0 radical (unpaired) electrons. The van der Waals surface area contributed by atoms with Crippen molar-refractivity contribution >= 4 is 39.7 Å². The molecule has 1 saturated heterocycles. The van der Waals surface area contributed by atoms with E-state index in [1.807, 2.05) is 19.1 Å². The second-order valence-electron chi connectivity index (χ2n) is 8.23. The fraction of sp³-hybridized carbons (Fsp3) is 0.250. The van der Waals surface area contributed by atoms with Crippen molar-refractivity contribution in [2.75, 3.05) is 48.8 Å². The number of hydrogen-bond donors (Lipinski definition) is 2. The Balaban J connectivity index is 1.32. The van der Waals surface area contributed by atoms with Crippen molar-refractivity contribution in [1.82, 2.24) is 25.1 Å². The Bertz CT molecular complexity index is 1270. The number of hydrogen-bond acceptors (Lipinski definition) is 8. The highest BCUT2D eigenvalue weighted by molar-refractivity contribution is 5.93. The van der Waals surface area contributed by atoms with E-state index >= 15 is 0 Å². The van der Waals surface area contributed by atoms with Gasteiger partial charge in [0, 0.05) is 49.1 Å². The van der Waals surface area contributed by atoms with E-state index in [1.54, 1.807) is 18.5 Å². The number of nitrogens with one attached hydrogen (secondary N) is 2. The second-order valence-corrected chi connectivity index (χ2v) is 8.23. The number of benzene rings is 2. The Morgan fingerprint density at radius 3 is 2.55 bits per heavy atom. The molecule has 33 heavy (non-hydrogen) atoms. The van der Waals surface area contributed by atoms with Crippen molar-refractivity contribution in [2.24, 2.45) is 0 Å². The lowest BCUT2D eigenvalue weighted by atomic mass is 10.1. The molecular weight excluding hydrogens is 419 g/mol. The molecule has 9 heteroatoms. The van der Waals surface area contributed by atoms with Gasteiger partial charge in [-0.1, -0.05) is 0 Å². The van der Waals surface area contributed by atoms with Gasteiger partial charge in [-0.05, 0) is 62.0 Å². The van der Waals surface area contributed by atoms with Crippen LogP contribution in [0.3, 0.4) is 0 Å². The SMILES string of the molecule is Cc1cc(F)cc2c(Nc3ccnc(Nc4ccc(N5CCN(C)CC5)cc4)n3)cnnc12. The van der Waals surface area contributed by atoms with Gasteiger partial charge in [-0.2, -0.15) is 15.2 Å². The zero-order chi connectivity index (χ0) is 22.8. The molecule has 4 aromatic rings. The van der Waals surface area contributed by atoms with Gasteiger partial charge in [-0.25, -0.2) is 9.37 Å². The summed E-state index contributed by atoms with van der Waals surface area (Å²) in [4.78, 5) is 13.6. The molecule has 0 saturated carbocycles. The molecule has 1 fully saturated rings. The van der Waals surface area contributed by atoms with Gasteiger partial charge in [0.1, 0.15) is 11.6 Å². The van der Waals surface area contributed by atoms with Gasteiger partial charge in [0.25, 0.3) is 0 Å². The van der Waals surface area contributed by atoms with E-state index in [2.05, 4.69) is 59.8 Å². The Morgan fingerprint density at radius 1 is 0.970 bits per heavy atom. The molecule has 0 amide bonds. The van der Waals surface area contributed by atoms with Crippen molar-refractivity contribution in [1.29, 1.82) is 0 Å². The maximum atomic E-state index is 14.0. The van der Waals surface area contributed by atoms with Gasteiger partial charge in [0.15, 0.2) is 0 Å². The molecule has 2 aromatic heterocycles. The third-order valence-electron chi connectivity index (χ3n) is 5.81. The first-order valence-electron chi connectivity index (χ1n) is 10.9. The average Bonchev–Trinajstić information content (AvgIpc) is 2.81. The minimum absolute atomic E-state index is 0.318. The van der Waals surface area contributed by atoms with Crippen LogP contribution in [-0.2, 0) is 0 Å². The second kappa shape index (κ2) is 8.95. The first-order chi connectivity index (χ1) is 16.0. The Labute approximate surface area is 191 Å². The highest BCUT2D eigenvalue weighted by Crippen LogP contribution is 2.27. The molecule has 1 aliphatic rings. The summed E-state index contributed by atoms with van der Waals surface area (Å²) in [6.45, 7) is 6.01. The van der Waals surface area contributed by atoms with Gasteiger partial charge in [-0.15, -0.1) is 0 Å². The lowest BCUT2D eigenvalue weighted by Gasteiger charge is -2.34. The van der Waals surface area contributed by atoms with Crippen LogP contribution >= 0.6 is 0 Å². The zero-order valence-electron chi connectivity index (χ0n) is 18.6. The van der Waals surface area contributed by atoms with E-state index < -0.39 is 0 Å². The summed E-state index contributed by atoms with van der Waals surface area (Å²) < 4.78 is 14.0. The third kappa shape index (κ3) is 4.68. The molecule has 1 aliphatic heterocycles. The molecular formula is C24H25FN8. The molecule has 3 heterocycles. The van der Waals surface area contributed by atoms with Crippen LogP contribution in [-0.4, -0.2) is 58.3 Å². The van der Waals surface area contributed by atoms with Gasteiger partial charge >= 0.3 is 0 Å². The average molecular weight is 445 g/mol. The highest BCUT2D eigenvalue weighted by atomic mass is 19.1. The van der Waals surface area contributed by atoms with Crippen LogP contribution in [0.2, 0.25) is 0 Å². The van der Waals surface area contributed by atoms with Gasteiger partial charge in [0.2, 0.25) is 5.95 Å². The van der Waals surface area contributed by atoms with Crippen LogP contribution in [0.1, 0.15) is 5.56 Å². The summed E-state index contributed by atoms with van der Waals surface area (Å²) in [6, 6.07) is 12.9. The van der Waals surface area contributed by atoms with Gasteiger partial charge in [0.05, 0.1) is 17.4 Å². The number of aryl methyl sites for hydroxylation is 1. The fourth-order valence-electron chi connectivity index (χ4n) is 3.96. The van der Waals surface area contributed by atoms with E-state index in [9.17, 15) is 4.39 Å². The first kappa shape index (κ1) is 21.0. The normalized spacial score (nSPS) is 14.5. The Morgan fingerprint density at radius 2 is 1.76 bits per heavy atom. The van der Waals surface area contributed by atoms with E-state index in [0.29, 0.717) is 28.4 Å². The highest BCUT2D eigenvalue weighted by Gasteiger charge is 2.14. The predicted octanol–water partition coefficient (Wildman–Crippen LogP) is 4.11. The number of aromatic nitrogens is 4. The predicted molar refractivity (Wildman–Crippen MR) is 129 cm³/mol. The van der Waals surface area contributed by atoms with Crippen molar-refractivity contribution < 1.29 is 4.39 Å². The molecule has 0 spiro atoms. The lowest BCUT2D eigenvalue weighted by molar-refractivity contribution is 0.313. The molecule has 5 rings (SSSR count). The van der Waals surface area contributed by atoms with Crippen LogP contribution < -0.4 is 15.5 Å². The summed E-state index contributed by atoms with van der Waals surface area (Å²) in [7, 11) is 2.15. The number of likely N-dealkylation sites (N-methyl/N-ethyl adjacent to an activating group) is 1. The fourth-order valence-corrected chi connectivity index (χ4v) is 3.96. The van der Waals surface area contributed by atoms with Crippen molar-refractivity contribution in [2.45, 2.75) is 6.92 Å². The third-order valence-corrected chi connectivity index (χ3v) is 5.81. The zero-order valence-corrected chi connectivity index (χ0v) is 18.6. The standard InChI is InChI=1S/C24H25FN8/c1-16-13-17(25)14-20-21(15-27-31-23(16)20)29-22-7-8-26-24(30-22)28-18-3-5-19(6-4-18)33-11-9-32(2)10-12-33/h3-8,13-15H,9-12H2,1-2H3,(H2,26,28,29,30,31). The topological polar surface area (TPSA) is 82.1 Å². The molecule has 0 bridgehead atoms. The van der Waals surface area contributed by atoms with E-state index in [4.69, 9.17) is 0 Å². The number of piperazine rings is 1. The quantitative estimate of drug-likeness (QED) is 0.476. The summed E-state index contributed by atoms with van der Waals surface area (Å²) in [5.41, 5.74) is 4.12. The molecule has 168 valence electrons. The summed E-state index contributed by atoms with van der Waals surface area (Å²) in [5.74, 6) is 0.708. The van der Waals surface area contributed by atoms with Crippen molar-refractivity contribution in [3.8, 4) is 0 Å². The number of rotatable bonds is 5. The molecule has 0 atom stereocenters. The van der Waals surface area contributed by atoms with E-state index in [0.717, 1.165) is 37.4 Å². The summed E-state index contributed by atoms with van der Waals surface area (Å²) >= 11 is 0. The number of anilines is 5. The molecule has 0 aliphatic carbocycles. The summed E-state index contributed by atoms with van der Waals surface area (Å²) in [5, 5.41) is 15.3. The van der Waals surface area contributed by atoms with E-state index in [-0.39, 0.29) is 5.82 Å². The smallest absolute Gasteiger partial charge is 0.229 e. The maximum absolute atomic E-state index is 14.0. The number of fused-ring (bicyclic) bond motifs is 1.